The van der Waals surface area contributed by atoms with Gasteiger partial charge in [0.05, 0.1) is 11.4 Å². The Morgan fingerprint density at radius 1 is 0.957 bits per heavy atom. The van der Waals surface area contributed by atoms with E-state index in [4.69, 9.17) is 0 Å². The molecule has 2 amide bonds. The lowest BCUT2D eigenvalue weighted by atomic mass is 10.2. The van der Waals surface area contributed by atoms with Gasteiger partial charge in [0.1, 0.15) is 0 Å². The Morgan fingerprint density at radius 2 is 1.61 bits per heavy atom. The molecular weight excluding hydrogens is 312 g/mol. The number of sulfonamides is 1. The number of urea groups is 1. The number of carbonyl (C=O) groups excluding carboxylic acids is 1. The van der Waals surface area contributed by atoms with Crippen LogP contribution in [0.5, 0.6) is 0 Å². The Bertz CT molecular complexity index is 801. The molecular formula is C17H18N2O3S. The minimum absolute atomic E-state index is 0.151. The summed E-state index contributed by atoms with van der Waals surface area (Å²) in [6.45, 7) is 2.89. The summed E-state index contributed by atoms with van der Waals surface area (Å²) in [4.78, 5) is 14.2. The predicted octanol–water partition coefficient (Wildman–Crippen LogP) is 2.62. The minimum Gasteiger partial charge on any atom is -0.318 e. The Balaban J connectivity index is 1.79. The Labute approximate surface area is 136 Å². The molecule has 2 aromatic rings. The van der Waals surface area contributed by atoms with E-state index in [9.17, 15) is 13.2 Å². The van der Waals surface area contributed by atoms with E-state index in [1.165, 1.54) is 12.1 Å². The summed E-state index contributed by atoms with van der Waals surface area (Å²) in [5, 5.41) is 0. The van der Waals surface area contributed by atoms with Gasteiger partial charge in [-0.3, -0.25) is 0 Å². The third kappa shape index (κ3) is 3.07. The first-order valence-electron chi connectivity index (χ1n) is 7.41. The molecule has 0 saturated carbocycles. The van der Waals surface area contributed by atoms with Crippen molar-refractivity contribution in [3.63, 3.8) is 0 Å². The van der Waals surface area contributed by atoms with Crippen molar-refractivity contribution in [2.24, 2.45) is 0 Å². The van der Waals surface area contributed by atoms with Gasteiger partial charge in [-0.25, -0.2) is 17.5 Å². The van der Waals surface area contributed by atoms with Crippen LogP contribution >= 0.6 is 0 Å². The summed E-state index contributed by atoms with van der Waals surface area (Å²) in [5.74, 6) is 0. The summed E-state index contributed by atoms with van der Waals surface area (Å²) in [6, 6.07) is 15.6. The monoisotopic (exact) mass is 330 g/mol. The first-order valence-corrected chi connectivity index (χ1v) is 8.85. The molecule has 0 unspecified atom stereocenters. The van der Waals surface area contributed by atoms with Gasteiger partial charge < -0.3 is 4.90 Å². The van der Waals surface area contributed by atoms with Crippen molar-refractivity contribution < 1.29 is 13.2 Å². The second-order valence-corrected chi connectivity index (χ2v) is 7.44. The smallest absolute Gasteiger partial charge is 0.318 e. The minimum atomic E-state index is -3.79. The molecule has 3 rings (SSSR count). The maximum atomic E-state index is 12.6. The van der Waals surface area contributed by atoms with Crippen molar-refractivity contribution in [3.8, 4) is 0 Å². The second kappa shape index (κ2) is 6.04. The SMILES string of the molecule is Cc1ccc(S(=O)(=O)N2CCN(Cc3ccccc3)C2=O)cc1. The maximum Gasteiger partial charge on any atom is 0.334 e. The summed E-state index contributed by atoms with van der Waals surface area (Å²) in [6.07, 6.45) is 0. The molecule has 1 heterocycles. The van der Waals surface area contributed by atoms with Gasteiger partial charge in [-0.05, 0) is 24.6 Å². The van der Waals surface area contributed by atoms with Crippen molar-refractivity contribution in [1.29, 1.82) is 0 Å². The van der Waals surface area contributed by atoms with E-state index in [1.54, 1.807) is 17.0 Å². The molecule has 0 radical (unpaired) electrons. The fourth-order valence-electron chi connectivity index (χ4n) is 2.57. The van der Waals surface area contributed by atoms with Crippen molar-refractivity contribution in [1.82, 2.24) is 9.21 Å². The topological polar surface area (TPSA) is 57.7 Å². The molecule has 5 nitrogen and oxygen atoms in total. The largest absolute Gasteiger partial charge is 0.334 e. The van der Waals surface area contributed by atoms with Crippen molar-refractivity contribution in [2.45, 2.75) is 18.4 Å². The van der Waals surface area contributed by atoms with E-state index in [0.717, 1.165) is 15.4 Å². The summed E-state index contributed by atoms with van der Waals surface area (Å²) in [5.41, 5.74) is 1.96. The zero-order chi connectivity index (χ0) is 16.4. The van der Waals surface area contributed by atoms with Gasteiger partial charge in [-0.2, -0.15) is 0 Å². The third-order valence-corrected chi connectivity index (χ3v) is 5.67. The Kier molecular flexibility index (Phi) is 4.09. The number of rotatable bonds is 4. The van der Waals surface area contributed by atoms with Crippen LogP contribution in [0.15, 0.2) is 59.5 Å². The van der Waals surface area contributed by atoms with E-state index in [2.05, 4.69) is 0 Å². The molecule has 23 heavy (non-hydrogen) atoms. The second-order valence-electron chi connectivity index (χ2n) is 5.58. The number of amides is 2. The van der Waals surface area contributed by atoms with Crippen LogP contribution < -0.4 is 0 Å². The van der Waals surface area contributed by atoms with E-state index in [1.807, 2.05) is 37.3 Å². The molecule has 6 heteroatoms. The maximum absolute atomic E-state index is 12.6. The molecule has 0 N–H and O–H groups in total. The van der Waals surface area contributed by atoms with E-state index < -0.39 is 16.1 Å². The van der Waals surface area contributed by atoms with Crippen LogP contribution in [-0.4, -0.2) is 36.7 Å². The van der Waals surface area contributed by atoms with Crippen LogP contribution in [0.3, 0.4) is 0 Å². The van der Waals surface area contributed by atoms with Gasteiger partial charge in [0.2, 0.25) is 0 Å². The molecule has 0 spiro atoms. The zero-order valence-electron chi connectivity index (χ0n) is 12.8. The Hall–Kier alpha value is -2.34. The molecule has 0 aromatic heterocycles. The lowest BCUT2D eigenvalue weighted by Gasteiger charge is -2.19. The molecule has 0 aliphatic carbocycles. The average Bonchev–Trinajstić information content (AvgIpc) is 2.90. The van der Waals surface area contributed by atoms with E-state index in [0.29, 0.717) is 13.1 Å². The van der Waals surface area contributed by atoms with E-state index >= 15 is 0 Å². The van der Waals surface area contributed by atoms with Crippen LogP contribution in [0.25, 0.3) is 0 Å². The van der Waals surface area contributed by atoms with Crippen LogP contribution in [0.1, 0.15) is 11.1 Å². The highest BCUT2D eigenvalue weighted by atomic mass is 32.2. The standard InChI is InChI=1S/C17H18N2O3S/c1-14-7-9-16(10-8-14)23(21,22)19-12-11-18(17(19)20)13-15-5-3-2-4-6-15/h2-10H,11-13H2,1H3. The molecule has 1 aliphatic rings. The first kappa shape index (κ1) is 15.6. The van der Waals surface area contributed by atoms with Crippen LogP contribution in [0, 0.1) is 6.92 Å². The van der Waals surface area contributed by atoms with Gasteiger partial charge in [0, 0.05) is 13.1 Å². The molecule has 1 aliphatic heterocycles. The zero-order valence-corrected chi connectivity index (χ0v) is 13.7. The highest BCUT2D eigenvalue weighted by Crippen LogP contribution is 2.22. The average molecular weight is 330 g/mol. The van der Waals surface area contributed by atoms with Gasteiger partial charge in [0.25, 0.3) is 10.0 Å². The van der Waals surface area contributed by atoms with E-state index in [-0.39, 0.29) is 11.4 Å². The molecule has 1 fully saturated rings. The quantitative estimate of drug-likeness (QED) is 0.866. The third-order valence-electron chi connectivity index (χ3n) is 3.88. The van der Waals surface area contributed by atoms with Crippen LogP contribution in [0.2, 0.25) is 0 Å². The number of aryl methyl sites for hydroxylation is 1. The van der Waals surface area contributed by atoms with Gasteiger partial charge in [-0.15, -0.1) is 0 Å². The van der Waals surface area contributed by atoms with Gasteiger partial charge in [0.15, 0.2) is 0 Å². The van der Waals surface area contributed by atoms with Crippen molar-refractivity contribution >= 4 is 16.1 Å². The lowest BCUT2D eigenvalue weighted by Crippen LogP contribution is -2.36. The number of carbonyl (C=O) groups is 1. The summed E-state index contributed by atoms with van der Waals surface area (Å²) >= 11 is 0. The highest BCUT2D eigenvalue weighted by molar-refractivity contribution is 7.89. The number of hydrogen-bond donors (Lipinski definition) is 0. The molecule has 0 atom stereocenters. The van der Waals surface area contributed by atoms with Crippen molar-refractivity contribution in [2.75, 3.05) is 13.1 Å². The molecule has 1 saturated heterocycles. The highest BCUT2D eigenvalue weighted by Gasteiger charge is 2.37. The summed E-state index contributed by atoms with van der Waals surface area (Å²) < 4.78 is 26.2. The first-order chi connectivity index (χ1) is 11.0. The molecule has 120 valence electrons. The van der Waals surface area contributed by atoms with Crippen LogP contribution in [-0.2, 0) is 16.6 Å². The summed E-state index contributed by atoms with van der Waals surface area (Å²) in [7, 11) is -3.79. The lowest BCUT2D eigenvalue weighted by molar-refractivity contribution is 0.205. The number of hydrogen-bond acceptors (Lipinski definition) is 3. The van der Waals surface area contributed by atoms with Crippen molar-refractivity contribution in [3.05, 3.63) is 65.7 Å². The number of benzene rings is 2. The fourth-order valence-corrected chi connectivity index (χ4v) is 3.95. The number of nitrogens with zero attached hydrogens (tertiary/aromatic N) is 2. The van der Waals surface area contributed by atoms with Crippen LogP contribution in [0.4, 0.5) is 4.79 Å². The normalized spacial score (nSPS) is 15.3. The fraction of sp³-hybridized carbons (Fsp3) is 0.235. The van der Waals surface area contributed by atoms with Gasteiger partial charge in [-0.1, -0.05) is 48.0 Å². The predicted molar refractivity (Wildman–Crippen MR) is 87.3 cm³/mol. The Morgan fingerprint density at radius 3 is 2.26 bits per heavy atom. The molecule has 2 aromatic carbocycles. The van der Waals surface area contributed by atoms with Gasteiger partial charge >= 0.3 is 6.03 Å². The molecule has 0 bridgehead atoms.